The van der Waals surface area contributed by atoms with Gasteiger partial charge in [0.15, 0.2) is 6.29 Å². The Morgan fingerprint density at radius 1 is 0.787 bits per heavy atom. The molecular formula is C39H60N2O6. The molecule has 1 aliphatic heterocycles. The van der Waals surface area contributed by atoms with E-state index in [0.29, 0.717) is 12.1 Å². The molecular weight excluding hydrogens is 592 g/mol. The first-order chi connectivity index (χ1) is 22.9. The Hall–Kier alpha value is -2.78. The zero-order valence-electron chi connectivity index (χ0n) is 29.0. The van der Waals surface area contributed by atoms with E-state index in [-0.39, 0.29) is 37.6 Å². The standard InChI is InChI=1S/C39H60N2O6/c1-3-5-7-9-11-13-25-41(26-14-12-10-8-6-4-2)29-35-28-36(32-23-21-31(30-42)22-24-32)47-39(46-35)33-17-15-18-34(27-33)40-37(43)19-16-20-38(44)45/h15,17-18,21-24,27,35-36,39,42H,3-14,16,19-20,25-26,28-30H2,1-2H3,(H,40,43)(H,44,45)/t35-,36+,39+/m0/s1. The summed E-state index contributed by atoms with van der Waals surface area (Å²) in [5.74, 6) is -1.12. The van der Waals surface area contributed by atoms with Gasteiger partial charge in [-0.05, 0) is 55.6 Å². The van der Waals surface area contributed by atoms with Crippen LogP contribution < -0.4 is 5.32 Å². The molecule has 0 spiro atoms. The zero-order chi connectivity index (χ0) is 33.7. The van der Waals surface area contributed by atoms with Crippen LogP contribution in [-0.4, -0.2) is 52.7 Å². The second kappa shape index (κ2) is 22.7. The summed E-state index contributed by atoms with van der Waals surface area (Å²) in [5, 5.41) is 21.4. The van der Waals surface area contributed by atoms with Crippen LogP contribution >= 0.6 is 0 Å². The molecule has 0 unspecified atom stereocenters. The maximum atomic E-state index is 12.5. The molecule has 1 heterocycles. The van der Waals surface area contributed by atoms with Gasteiger partial charge in [-0.3, -0.25) is 9.59 Å². The van der Waals surface area contributed by atoms with Crippen molar-refractivity contribution in [2.45, 2.75) is 142 Å². The van der Waals surface area contributed by atoms with Crippen LogP contribution in [0.5, 0.6) is 0 Å². The summed E-state index contributed by atoms with van der Waals surface area (Å²) in [5.41, 5.74) is 3.38. The van der Waals surface area contributed by atoms with E-state index in [1.807, 2.05) is 48.5 Å². The maximum absolute atomic E-state index is 12.5. The van der Waals surface area contributed by atoms with E-state index >= 15 is 0 Å². The third kappa shape index (κ3) is 15.3. The molecule has 0 saturated carbocycles. The summed E-state index contributed by atoms with van der Waals surface area (Å²) in [6, 6.07) is 15.5. The highest BCUT2D eigenvalue weighted by molar-refractivity contribution is 5.90. The van der Waals surface area contributed by atoms with Gasteiger partial charge in [-0.25, -0.2) is 0 Å². The first-order valence-electron chi connectivity index (χ1n) is 18.3. The number of unbranched alkanes of at least 4 members (excludes halogenated alkanes) is 10. The van der Waals surface area contributed by atoms with E-state index in [1.165, 1.54) is 77.0 Å². The predicted molar refractivity (Wildman–Crippen MR) is 188 cm³/mol. The van der Waals surface area contributed by atoms with Crippen LogP contribution in [0.1, 0.15) is 146 Å². The summed E-state index contributed by atoms with van der Waals surface area (Å²) in [4.78, 5) is 25.9. The molecule has 8 nitrogen and oxygen atoms in total. The van der Waals surface area contributed by atoms with Crippen molar-refractivity contribution in [2.24, 2.45) is 0 Å². The van der Waals surface area contributed by atoms with Crippen molar-refractivity contribution in [3.63, 3.8) is 0 Å². The number of carbonyl (C=O) groups excluding carboxylic acids is 1. The minimum atomic E-state index is -0.904. The molecule has 3 N–H and O–H groups in total. The lowest BCUT2D eigenvalue weighted by Crippen LogP contribution is -2.40. The number of carboxylic acids is 1. The topological polar surface area (TPSA) is 108 Å². The molecule has 2 aromatic rings. The normalized spacial score (nSPS) is 18.0. The monoisotopic (exact) mass is 652 g/mol. The minimum absolute atomic E-state index is 0.000827. The van der Waals surface area contributed by atoms with Crippen LogP contribution in [0.3, 0.4) is 0 Å². The number of aliphatic hydroxyl groups is 1. The SMILES string of the molecule is CCCCCCCCN(CCCCCCCC)C[C@@H]1C[C@H](c2ccc(CO)cc2)O[C@H](c2cccc(NC(=O)CCCC(=O)O)c2)O1. The lowest BCUT2D eigenvalue weighted by atomic mass is 9.99. The van der Waals surface area contributed by atoms with Gasteiger partial charge < -0.3 is 29.9 Å². The van der Waals surface area contributed by atoms with Gasteiger partial charge in [0, 0.05) is 37.1 Å². The molecule has 0 bridgehead atoms. The van der Waals surface area contributed by atoms with Crippen molar-refractivity contribution in [1.82, 2.24) is 4.90 Å². The van der Waals surface area contributed by atoms with Crippen molar-refractivity contribution >= 4 is 17.6 Å². The van der Waals surface area contributed by atoms with E-state index in [4.69, 9.17) is 14.6 Å². The molecule has 0 radical (unpaired) electrons. The third-order valence-corrected chi connectivity index (χ3v) is 8.97. The summed E-state index contributed by atoms with van der Waals surface area (Å²) in [7, 11) is 0. The Morgan fingerprint density at radius 2 is 1.43 bits per heavy atom. The van der Waals surface area contributed by atoms with Crippen molar-refractivity contribution in [1.29, 1.82) is 0 Å². The van der Waals surface area contributed by atoms with Crippen molar-refractivity contribution in [2.75, 3.05) is 25.0 Å². The van der Waals surface area contributed by atoms with E-state index in [1.54, 1.807) is 0 Å². The summed E-state index contributed by atoms with van der Waals surface area (Å²) >= 11 is 0. The fraction of sp³-hybridized carbons (Fsp3) is 0.641. The highest BCUT2D eigenvalue weighted by atomic mass is 16.7. The lowest BCUT2D eigenvalue weighted by Gasteiger charge is -2.38. The Morgan fingerprint density at radius 3 is 2.04 bits per heavy atom. The molecule has 0 aromatic heterocycles. The van der Waals surface area contributed by atoms with Gasteiger partial charge in [0.25, 0.3) is 0 Å². The molecule has 3 atom stereocenters. The predicted octanol–water partition coefficient (Wildman–Crippen LogP) is 8.94. The Bertz CT molecular complexity index is 1140. The molecule has 262 valence electrons. The molecule has 47 heavy (non-hydrogen) atoms. The molecule has 1 fully saturated rings. The Balaban J connectivity index is 1.73. The third-order valence-electron chi connectivity index (χ3n) is 8.97. The van der Waals surface area contributed by atoms with Crippen molar-refractivity contribution in [3.8, 4) is 0 Å². The van der Waals surface area contributed by atoms with E-state index in [9.17, 15) is 14.7 Å². The van der Waals surface area contributed by atoms with Gasteiger partial charge in [0.2, 0.25) is 5.91 Å². The van der Waals surface area contributed by atoms with E-state index < -0.39 is 12.3 Å². The van der Waals surface area contributed by atoms with Crippen LogP contribution in [0.25, 0.3) is 0 Å². The number of hydrogen-bond acceptors (Lipinski definition) is 6. The minimum Gasteiger partial charge on any atom is -0.481 e. The van der Waals surface area contributed by atoms with Crippen LogP contribution in [0, 0.1) is 0 Å². The summed E-state index contributed by atoms with van der Waals surface area (Å²) in [6.45, 7) is 7.51. The van der Waals surface area contributed by atoms with Crippen molar-refractivity contribution in [3.05, 3.63) is 65.2 Å². The molecule has 3 rings (SSSR count). The molecule has 1 saturated heterocycles. The molecule has 1 aliphatic rings. The van der Waals surface area contributed by atoms with Gasteiger partial charge in [-0.1, -0.05) is 114 Å². The van der Waals surface area contributed by atoms with E-state index in [2.05, 4.69) is 24.1 Å². The molecule has 2 aromatic carbocycles. The molecule has 1 amide bonds. The van der Waals surface area contributed by atoms with Crippen LogP contribution in [0.2, 0.25) is 0 Å². The number of carbonyl (C=O) groups is 2. The zero-order valence-corrected chi connectivity index (χ0v) is 29.0. The number of carboxylic acid groups (broad SMARTS) is 1. The largest absolute Gasteiger partial charge is 0.481 e. The number of aliphatic hydroxyl groups excluding tert-OH is 1. The van der Waals surface area contributed by atoms with E-state index in [0.717, 1.165) is 42.7 Å². The van der Waals surface area contributed by atoms with Gasteiger partial charge in [-0.2, -0.15) is 0 Å². The number of nitrogens with one attached hydrogen (secondary N) is 1. The van der Waals surface area contributed by atoms with Gasteiger partial charge in [-0.15, -0.1) is 0 Å². The number of amides is 1. The average molecular weight is 653 g/mol. The fourth-order valence-electron chi connectivity index (χ4n) is 6.23. The Labute approximate surface area is 283 Å². The van der Waals surface area contributed by atoms with Gasteiger partial charge in [0.05, 0.1) is 18.8 Å². The number of hydrogen-bond donors (Lipinski definition) is 3. The molecule has 0 aliphatic carbocycles. The van der Waals surface area contributed by atoms with Crippen molar-refractivity contribution < 1.29 is 29.3 Å². The quantitative estimate of drug-likeness (QED) is 0.0972. The number of anilines is 1. The van der Waals surface area contributed by atoms with Gasteiger partial charge in [0.1, 0.15) is 0 Å². The van der Waals surface area contributed by atoms with Gasteiger partial charge >= 0.3 is 5.97 Å². The summed E-state index contributed by atoms with van der Waals surface area (Å²) in [6.07, 6.45) is 15.6. The average Bonchev–Trinajstić information content (AvgIpc) is 3.07. The second-order valence-electron chi connectivity index (χ2n) is 13.1. The number of aliphatic carboxylic acids is 1. The van der Waals surface area contributed by atoms with Crippen LogP contribution in [-0.2, 0) is 25.7 Å². The second-order valence-corrected chi connectivity index (χ2v) is 13.1. The first kappa shape index (κ1) is 38.7. The van der Waals surface area contributed by atoms with Crippen LogP contribution in [0.15, 0.2) is 48.5 Å². The number of benzene rings is 2. The smallest absolute Gasteiger partial charge is 0.303 e. The maximum Gasteiger partial charge on any atom is 0.303 e. The highest BCUT2D eigenvalue weighted by Crippen LogP contribution is 2.38. The number of nitrogens with zero attached hydrogens (tertiary/aromatic N) is 1. The highest BCUT2D eigenvalue weighted by Gasteiger charge is 2.33. The molecule has 8 heteroatoms. The Kier molecular flexibility index (Phi) is 18.7. The number of rotatable bonds is 24. The lowest BCUT2D eigenvalue weighted by molar-refractivity contribution is -0.253. The first-order valence-corrected chi connectivity index (χ1v) is 18.3. The summed E-state index contributed by atoms with van der Waals surface area (Å²) < 4.78 is 13.3. The number of ether oxygens (including phenoxy) is 2. The van der Waals surface area contributed by atoms with Crippen LogP contribution in [0.4, 0.5) is 5.69 Å². The fourth-order valence-corrected chi connectivity index (χ4v) is 6.23.